The van der Waals surface area contributed by atoms with Crippen molar-refractivity contribution in [1.29, 1.82) is 0 Å². The van der Waals surface area contributed by atoms with Crippen molar-refractivity contribution in [2.45, 2.75) is 26.0 Å². The lowest BCUT2D eigenvalue weighted by Gasteiger charge is -2.30. The number of allylic oxidation sites excluding steroid dienone is 1. The molecule has 0 bridgehead atoms. The van der Waals surface area contributed by atoms with Crippen molar-refractivity contribution in [3.05, 3.63) is 36.6 Å². The number of carbonyl (C=O) groups is 1. The second-order valence-corrected chi connectivity index (χ2v) is 5.30. The van der Waals surface area contributed by atoms with E-state index in [1.807, 2.05) is 20.5 Å². The monoisotopic (exact) mass is 255 g/mol. The van der Waals surface area contributed by atoms with Gasteiger partial charge in [0.2, 0.25) is 0 Å². The molecule has 0 radical (unpaired) electrons. The van der Waals surface area contributed by atoms with Crippen molar-refractivity contribution in [3.63, 3.8) is 0 Å². The molecular weight excluding hydrogens is 237 g/mol. The fourth-order valence-electron chi connectivity index (χ4n) is 1.47. The first-order valence-corrected chi connectivity index (χ1v) is 7.07. The maximum atomic E-state index is 11.9. The van der Waals surface area contributed by atoms with Crippen molar-refractivity contribution >= 4 is 14.3 Å². The van der Waals surface area contributed by atoms with Gasteiger partial charge in [0.15, 0.2) is 8.30 Å². The summed E-state index contributed by atoms with van der Waals surface area (Å²) in [4.78, 5) is 11.9. The van der Waals surface area contributed by atoms with Crippen molar-refractivity contribution in [2.24, 2.45) is 0 Å². The summed E-state index contributed by atoms with van der Waals surface area (Å²) in [7, 11) is -0.894. The van der Waals surface area contributed by atoms with Gasteiger partial charge < -0.3 is 9.26 Å². The quantitative estimate of drug-likeness (QED) is 0.619. The molecule has 4 nitrogen and oxygen atoms in total. The summed E-state index contributed by atoms with van der Waals surface area (Å²) >= 11 is 0. The number of carbonyl (C=O) groups excluding carboxylic acids is 1. The van der Waals surface area contributed by atoms with Gasteiger partial charge in [-0.2, -0.15) is 0 Å². The number of esters is 1. The average Bonchev–Trinajstić information content (AvgIpc) is 2.26. The normalized spacial score (nSPS) is 24.2. The van der Waals surface area contributed by atoms with Crippen LogP contribution in [-0.2, 0) is 14.1 Å². The van der Waals surface area contributed by atoms with Gasteiger partial charge in [-0.1, -0.05) is 19.2 Å². The van der Waals surface area contributed by atoms with Crippen LogP contribution in [-0.4, -0.2) is 24.8 Å². The molecule has 0 amide bonds. The molecule has 1 aliphatic rings. The third-order valence-electron chi connectivity index (χ3n) is 2.13. The van der Waals surface area contributed by atoms with E-state index in [9.17, 15) is 4.79 Å². The Hall–Kier alpha value is -1.12. The average molecular weight is 255 g/mol. The Labute approximate surface area is 103 Å². The van der Waals surface area contributed by atoms with E-state index < -0.39 is 14.3 Å². The predicted molar refractivity (Wildman–Crippen MR) is 69.5 cm³/mol. The number of hydrogen-bond acceptors (Lipinski definition) is 4. The molecule has 0 aromatic rings. The maximum Gasteiger partial charge on any atom is 0.328 e. The fraction of sp³-hybridized carbons (Fsp3) is 0.417. The van der Waals surface area contributed by atoms with E-state index in [-0.39, 0.29) is 12.1 Å². The van der Waals surface area contributed by atoms with Gasteiger partial charge in [-0.15, -0.1) is 0 Å². The van der Waals surface area contributed by atoms with Crippen molar-refractivity contribution in [3.8, 4) is 0 Å². The molecule has 2 unspecified atom stereocenters. The molecule has 0 saturated carbocycles. The summed E-state index contributed by atoms with van der Waals surface area (Å²) < 4.78 is 10.8. The van der Waals surface area contributed by atoms with Gasteiger partial charge in [0.1, 0.15) is 11.8 Å². The lowest BCUT2D eigenvalue weighted by atomic mass is 10.1. The summed E-state index contributed by atoms with van der Waals surface area (Å²) in [5.74, 6) is 0.282. The van der Waals surface area contributed by atoms with Crippen LogP contribution in [0.15, 0.2) is 36.6 Å². The molecule has 0 aromatic heterocycles. The molecule has 1 heterocycles. The van der Waals surface area contributed by atoms with Crippen LogP contribution in [0.2, 0.25) is 0 Å². The largest absolute Gasteiger partial charge is 0.462 e. The molecule has 0 aromatic carbocycles. The molecule has 2 atom stereocenters. The SMILES string of the molecule is C=CC1=C(C=C)C(C(=O)OC(C)C)NP(C)O1. The Kier molecular flexibility index (Phi) is 4.91. The number of nitrogens with one attached hydrogen (secondary N) is 1. The van der Waals surface area contributed by atoms with Crippen molar-refractivity contribution < 1.29 is 14.1 Å². The van der Waals surface area contributed by atoms with Crippen LogP contribution in [0, 0.1) is 0 Å². The van der Waals surface area contributed by atoms with Crippen LogP contribution in [0.3, 0.4) is 0 Å². The lowest BCUT2D eigenvalue weighted by molar-refractivity contribution is -0.148. The van der Waals surface area contributed by atoms with Gasteiger partial charge in [0.25, 0.3) is 0 Å². The Morgan fingerprint density at radius 2 is 2.18 bits per heavy atom. The van der Waals surface area contributed by atoms with Crippen LogP contribution in [0.4, 0.5) is 0 Å². The van der Waals surface area contributed by atoms with Crippen molar-refractivity contribution in [1.82, 2.24) is 5.09 Å². The smallest absolute Gasteiger partial charge is 0.328 e. The molecule has 1 rings (SSSR count). The summed E-state index contributed by atoms with van der Waals surface area (Å²) in [5.41, 5.74) is 0.672. The molecule has 1 N–H and O–H groups in total. The van der Waals surface area contributed by atoms with E-state index >= 15 is 0 Å². The van der Waals surface area contributed by atoms with Gasteiger partial charge in [-0.25, -0.2) is 9.88 Å². The minimum Gasteiger partial charge on any atom is -0.462 e. The maximum absolute atomic E-state index is 11.9. The first-order valence-electron chi connectivity index (χ1n) is 5.37. The van der Waals surface area contributed by atoms with E-state index in [2.05, 4.69) is 18.2 Å². The van der Waals surface area contributed by atoms with Crippen LogP contribution in [0.5, 0.6) is 0 Å². The molecule has 94 valence electrons. The lowest BCUT2D eigenvalue weighted by Crippen LogP contribution is -2.40. The molecule has 17 heavy (non-hydrogen) atoms. The highest BCUT2D eigenvalue weighted by atomic mass is 31.2. The minimum atomic E-state index is -0.894. The zero-order valence-corrected chi connectivity index (χ0v) is 11.3. The highest BCUT2D eigenvalue weighted by molar-refractivity contribution is 7.49. The zero-order chi connectivity index (χ0) is 13.0. The Morgan fingerprint density at radius 3 is 2.65 bits per heavy atom. The Bertz CT molecular complexity index is 363. The zero-order valence-electron chi connectivity index (χ0n) is 10.4. The van der Waals surface area contributed by atoms with Crippen LogP contribution < -0.4 is 5.09 Å². The van der Waals surface area contributed by atoms with Crippen LogP contribution >= 0.6 is 8.30 Å². The van der Waals surface area contributed by atoms with Gasteiger partial charge in [-0.3, -0.25) is 0 Å². The molecule has 5 heteroatoms. The fourth-order valence-corrected chi connectivity index (χ4v) is 2.61. The second kappa shape index (κ2) is 5.99. The summed E-state index contributed by atoms with van der Waals surface area (Å²) in [6, 6.07) is -0.521. The van der Waals surface area contributed by atoms with E-state index in [0.717, 1.165) is 0 Å². The summed E-state index contributed by atoms with van der Waals surface area (Å²) in [6.07, 6.45) is 3.04. The van der Waals surface area contributed by atoms with E-state index in [4.69, 9.17) is 9.26 Å². The van der Waals surface area contributed by atoms with Crippen molar-refractivity contribution in [2.75, 3.05) is 6.66 Å². The second-order valence-electron chi connectivity index (χ2n) is 3.86. The number of ether oxygens (including phenoxy) is 1. The molecular formula is C12H18NO3P. The molecule has 0 saturated heterocycles. The Balaban J connectivity index is 2.99. The number of rotatable bonds is 4. The predicted octanol–water partition coefficient (Wildman–Crippen LogP) is 2.49. The van der Waals surface area contributed by atoms with E-state index in [1.54, 1.807) is 12.2 Å². The minimum absolute atomic E-state index is 0.145. The molecule has 1 aliphatic heterocycles. The highest BCUT2D eigenvalue weighted by Gasteiger charge is 2.32. The topological polar surface area (TPSA) is 47.6 Å². The number of hydrogen-bond donors (Lipinski definition) is 1. The van der Waals surface area contributed by atoms with Crippen LogP contribution in [0.1, 0.15) is 13.8 Å². The Morgan fingerprint density at radius 1 is 1.53 bits per heavy atom. The highest BCUT2D eigenvalue weighted by Crippen LogP contribution is 2.39. The first-order chi connectivity index (χ1) is 7.99. The molecule has 0 aliphatic carbocycles. The van der Waals surface area contributed by atoms with Gasteiger partial charge in [-0.05, 0) is 19.9 Å². The third-order valence-corrected chi connectivity index (χ3v) is 3.23. The first kappa shape index (κ1) is 13.9. The van der Waals surface area contributed by atoms with Gasteiger partial charge in [0, 0.05) is 12.2 Å². The van der Waals surface area contributed by atoms with Gasteiger partial charge in [0.05, 0.1) is 6.10 Å². The third kappa shape index (κ3) is 3.42. The molecule has 0 fully saturated rings. The van der Waals surface area contributed by atoms with E-state index in [1.165, 1.54) is 0 Å². The standard InChI is InChI=1S/C12H18NO3P/c1-6-9-10(7-2)16-17(5)13-11(9)12(14)15-8(3)4/h6-8,11,13H,1-2H2,3-5H3. The van der Waals surface area contributed by atoms with Gasteiger partial charge >= 0.3 is 5.97 Å². The van der Waals surface area contributed by atoms with Crippen LogP contribution in [0.25, 0.3) is 0 Å². The summed E-state index contributed by atoms with van der Waals surface area (Å²) in [6.45, 7) is 12.9. The summed E-state index contributed by atoms with van der Waals surface area (Å²) in [5, 5.41) is 3.08. The van der Waals surface area contributed by atoms with E-state index in [0.29, 0.717) is 11.3 Å². The molecule has 0 spiro atoms.